The molecule has 1 aromatic carbocycles. The van der Waals surface area contributed by atoms with Gasteiger partial charge < -0.3 is 10.2 Å². The molecule has 0 unspecified atom stereocenters. The zero-order chi connectivity index (χ0) is 16.4. The lowest BCUT2D eigenvalue weighted by Crippen LogP contribution is -2.40. The molecule has 3 rings (SSSR count). The van der Waals surface area contributed by atoms with Crippen LogP contribution in [0.4, 0.5) is 4.79 Å². The molecular weight excluding hydrogens is 286 g/mol. The van der Waals surface area contributed by atoms with E-state index in [4.69, 9.17) is 0 Å². The van der Waals surface area contributed by atoms with Crippen molar-refractivity contribution in [1.29, 1.82) is 0 Å². The van der Waals surface area contributed by atoms with Gasteiger partial charge >= 0.3 is 6.03 Å². The van der Waals surface area contributed by atoms with Crippen LogP contribution in [0.1, 0.15) is 35.2 Å². The number of carbonyl (C=O) groups excluding carboxylic acids is 1. The minimum Gasteiger partial charge on any atom is -0.331 e. The number of aromatic nitrogens is 1. The summed E-state index contributed by atoms with van der Waals surface area (Å²) in [6, 6.07) is 10.4. The number of fused-ring (bicyclic) bond motifs is 1. The van der Waals surface area contributed by atoms with Gasteiger partial charge in [-0.25, -0.2) is 4.79 Å². The third-order valence-corrected chi connectivity index (χ3v) is 4.52. The van der Waals surface area contributed by atoms with Crippen LogP contribution in [-0.4, -0.2) is 23.0 Å². The summed E-state index contributed by atoms with van der Waals surface area (Å²) in [6.07, 6.45) is 4.55. The Morgan fingerprint density at radius 1 is 1.39 bits per heavy atom. The number of amides is 2. The van der Waals surface area contributed by atoms with Crippen molar-refractivity contribution in [2.45, 2.75) is 32.9 Å². The van der Waals surface area contributed by atoms with E-state index in [0.29, 0.717) is 12.5 Å². The lowest BCUT2D eigenvalue weighted by Gasteiger charge is -2.24. The molecule has 0 fully saturated rings. The summed E-state index contributed by atoms with van der Waals surface area (Å²) < 4.78 is 0. The van der Waals surface area contributed by atoms with E-state index >= 15 is 0 Å². The second-order valence-corrected chi connectivity index (χ2v) is 6.53. The Hall–Kier alpha value is -2.36. The van der Waals surface area contributed by atoms with Crippen molar-refractivity contribution in [3.8, 4) is 0 Å². The zero-order valence-electron chi connectivity index (χ0n) is 13.9. The number of aryl methyl sites for hydroxylation is 1. The van der Waals surface area contributed by atoms with Crippen molar-refractivity contribution in [2.75, 3.05) is 7.05 Å². The number of rotatable bonds is 3. The molecule has 0 saturated carbocycles. The van der Waals surface area contributed by atoms with E-state index in [1.165, 1.54) is 16.7 Å². The minimum absolute atomic E-state index is 0.0416. The Balaban J connectivity index is 1.69. The molecule has 2 atom stereocenters. The van der Waals surface area contributed by atoms with E-state index < -0.39 is 0 Å². The fraction of sp³-hybridized carbons (Fsp3) is 0.368. The lowest BCUT2D eigenvalue weighted by atomic mass is 10.0. The first-order valence-electron chi connectivity index (χ1n) is 8.04. The molecule has 0 radical (unpaired) electrons. The number of pyridine rings is 1. The molecule has 4 heteroatoms. The number of nitrogens with zero attached hydrogens (tertiary/aromatic N) is 2. The van der Waals surface area contributed by atoms with Crippen molar-refractivity contribution < 1.29 is 4.79 Å². The summed E-state index contributed by atoms with van der Waals surface area (Å²) in [5.41, 5.74) is 4.88. The SMILES string of the molecule is Cc1ccc2c(c1)[C@@H](NC(=O)N(C)Cc1cccnc1)[C@@H](C)C2. The first-order valence-corrected chi connectivity index (χ1v) is 8.04. The van der Waals surface area contributed by atoms with Gasteiger partial charge in [0.1, 0.15) is 0 Å². The Kier molecular flexibility index (Phi) is 4.33. The molecular formula is C19H23N3O. The van der Waals surface area contributed by atoms with Gasteiger partial charge in [-0.15, -0.1) is 0 Å². The van der Waals surface area contributed by atoms with Crippen LogP contribution in [0.5, 0.6) is 0 Å². The number of carbonyl (C=O) groups is 1. The third-order valence-electron chi connectivity index (χ3n) is 4.52. The van der Waals surface area contributed by atoms with Crippen LogP contribution in [0.25, 0.3) is 0 Å². The summed E-state index contributed by atoms with van der Waals surface area (Å²) in [5.74, 6) is 0.419. The first-order chi connectivity index (χ1) is 11.0. The van der Waals surface area contributed by atoms with Crippen LogP contribution in [0, 0.1) is 12.8 Å². The molecule has 4 nitrogen and oxygen atoms in total. The highest BCUT2D eigenvalue weighted by Crippen LogP contribution is 2.36. The molecule has 23 heavy (non-hydrogen) atoms. The third kappa shape index (κ3) is 3.36. The van der Waals surface area contributed by atoms with Crippen LogP contribution < -0.4 is 5.32 Å². The van der Waals surface area contributed by atoms with E-state index in [1.54, 1.807) is 17.3 Å². The molecule has 120 valence electrons. The maximum atomic E-state index is 12.5. The molecule has 1 aromatic heterocycles. The number of hydrogen-bond donors (Lipinski definition) is 1. The second-order valence-electron chi connectivity index (χ2n) is 6.53. The minimum atomic E-state index is -0.0416. The fourth-order valence-corrected chi connectivity index (χ4v) is 3.26. The van der Waals surface area contributed by atoms with Gasteiger partial charge in [0.25, 0.3) is 0 Å². The quantitative estimate of drug-likeness (QED) is 0.943. The van der Waals surface area contributed by atoms with Gasteiger partial charge in [0.2, 0.25) is 0 Å². The molecule has 1 N–H and O–H groups in total. The Bertz CT molecular complexity index is 699. The maximum absolute atomic E-state index is 12.5. The van der Waals surface area contributed by atoms with Crippen LogP contribution in [0.15, 0.2) is 42.7 Å². The van der Waals surface area contributed by atoms with Gasteiger partial charge in [-0.05, 0) is 42.0 Å². The van der Waals surface area contributed by atoms with E-state index in [0.717, 1.165) is 12.0 Å². The summed E-state index contributed by atoms with van der Waals surface area (Å²) in [4.78, 5) is 18.3. The smallest absolute Gasteiger partial charge is 0.317 e. The summed E-state index contributed by atoms with van der Waals surface area (Å²) in [7, 11) is 1.82. The van der Waals surface area contributed by atoms with Gasteiger partial charge in [-0.2, -0.15) is 0 Å². The molecule has 0 aliphatic heterocycles. The highest BCUT2D eigenvalue weighted by atomic mass is 16.2. The Labute approximate surface area is 137 Å². The van der Waals surface area contributed by atoms with Crippen LogP contribution in [-0.2, 0) is 13.0 Å². The highest BCUT2D eigenvalue weighted by Gasteiger charge is 2.31. The Morgan fingerprint density at radius 3 is 2.96 bits per heavy atom. The first kappa shape index (κ1) is 15.5. The number of hydrogen-bond acceptors (Lipinski definition) is 2. The molecule has 0 saturated heterocycles. The average Bonchev–Trinajstić information content (AvgIpc) is 2.84. The van der Waals surface area contributed by atoms with E-state index in [9.17, 15) is 4.79 Å². The molecule has 1 aliphatic carbocycles. The maximum Gasteiger partial charge on any atom is 0.317 e. The lowest BCUT2D eigenvalue weighted by molar-refractivity contribution is 0.199. The zero-order valence-corrected chi connectivity index (χ0v) is 13.9. The summed E-state index contributed by atoms with van der Waals surface area (Å²) in [5, 5.41) is 3.20. The normalized spacial score (nSPS) is 19.3. The number of urea groups is 1. The van der Waals surface area contributed by atoms with Gasteiger partial charge in [0, 0.05) is 26.0 Å². The van der Waals surface area contributed by atoms with Crippen molar-refractivity contribution >= 4 is 6.03 Å². The van der Waals surface area contributed by atoms with E-state index in [2.05, 4.69) is 42.3 Å². The van der Waals surface area contributed by atoms with E-state index in [-0.39, 0.29) is 12.1 Å². The van der Waals surface area contributed by atoms with Crippen LogP contribution in [0.2, 0.25) is 0 Å². The predicted octanol–water partition coefficient (Wildman–Crippen LogP) is 3.46. The second kappa shape index (κ2) is 6.41. The van der Waals surface area contributed by atoms with Crippen LogP contribution in [0.3, 0.4) is 0 Å². The van der Waals surface area contributed by atoms with Gasteiger partial charge in [-0.3, -0.25) is 4.98 Å². The molecule has 2 aromatic rings. The Morgan fingerprint density at radius 2 is 2.22 bits per heavy atom. The highest BCUT2D eigenvalue weighted by molar-refractivity contribution is 5.74. The standard InChI is InChI=1S/C19H23N3O/c1-13-6-7-16-10-14(2)18(17(16)9-13)21-19(23)22(3)12-15-5-4-8-20-11-15/h4-9,11,14,18H,10,12H2,1-3H3,(H,21,23)/t14-,18-/m0/s1. The van der Waals surface area contributed by atoms with Gasteiger partial charge in [0.15, 0.2) is 0 Å². The van der Waals surface area contributed by atoms with Crippen molar-refractivity contribution in [2.24, 2.45) is 5.92 Å². The molecule has 0 spiro atoms. The summed E-state index contributed by atoms with van der Waals surface area (Å²) >= 11 is 0. The fourth-order valence-electron chi connectivity index (χ4n) is 3.26. The molecule has 1 heterocycles. The van der Waals surface area contributed by atoms with Gasteiger partial charge in [-0.1, -0.05) is 36.8 Å². The average molecular weight is 309 g/mol. The molecule has 2 amide bonds. The number of nitrogens with one attached hydrogen (secondary N) is 1. The molecule has 0 bridgehead atoms. The largest absolute Gasteiger partial charge is 0.331 e. The van der Waals surface area contributed by atoms with E-state index in [1.807, 2.05) is 19.2 Å². The van der Waals surface area contributed by atoms with Crippen molar-refractivity contribution in [3.63, 3.8) is 0 Å². The number of benzene rings is 1. The van der Waals surface area contributed by atoms with Crippen LogP contribution >= 0.6 is 0 Å². The van der Waals surface area contributed by atoms with Crippen molar-refractivity contribution in [1.82, 2.24) is 15.2 Å². The monoisotopic (exact) mass is 309 g/mol. The van der Waals surface area contributed by atoms with Crippen molar-refractivity contribution in [3.05, 3.63) is 65.0 Å². The molecule has 1 aliphatic rings. The van der Waals surface area contributed by atoms with Gasteiger partial charge in [0.05, 0.1) is 6.04 Å². The topological polar surface area (TPSA) is 45.2 Å². The predicted molar refractivity (Wildman–Crippen MR) is 91.0 cm³/mol. The summed E-state index contributed by atoms with van der Waals surface area (Å²) in [6.45, 7) is 4.85.